The summed E-state index contributed by atoms with van der Waals surface area (Å²) in [5.74, 6) is -2.75. The minimum atomic E-state index is -5.13. The Hall–Kier alpha value is -4.98. The molecule has 43 heavy (non-hydrogen) atoms. The zero-order chi connectivity index (χ0) is 31.1. The van der Waals surface area contributed by atoms with Crippen LogP contribution in [0.15, 0.2) is 79.3 Å². The molecule has 0 aliphatic heterocycles. The molecule has 2 heterocycles. The monoisotopic (exact) mass is 621 g/mol. The number of imidazole rings is 1. The van der Waals surface area contributed by atoms with Gasteiger partial charge in [0.15, 0.2) is 11.5 Å². The predicted molar refractivity (Wildman–Crippen MR) is 142 cm³/mol. The molecule has 0 saturated carbocycles. The highest BCUT2D eigenvalue weighted by molar-refractivity contribution is 6.31. The molecule has 220 valence electrons. The second-order valence-electron chi connectivity index (χ2n) is 9.03. The van der Waals surface area contributed by atoms with Crippen molar-refractivity contribution in [1.82, 2.24) is 14.4 Å². The molecule has 3 aromatic carbocycles. The smallest absolute Gasteiger partial charge is 0.322 e. The first kappa shape index (κ1) is 29.5. The maximum absolute atomic E-state index is 13.4. The molecule has 0 spiro atoms. The number of fused-ring (bicyclic) bond motifs is 1. The van der Waals surface area contributed by atoms with Gasteiger partial charge in [-0.3, -0.25) is 14.0 Å². The summed E-state index contributed by atoms with van der Waals surface area (Å²) in [4.78, 5) is 33.6. The summed E-state index contributed by atoms with van der Waals surface area (Å²) in [5.41, 5.74) is -2.71. The first-order valence-electron chi connectivity index (χ1n) is 12.0. The Morgan fingerprint density at radius 3 is 2.12 bits per heavy atom. The standard InChI is InChI=1S/C28H15ClF7N5O2/c29-20-11-15(4-5-21(20)30)25(42)39-19-3-1-2-14(10-19)22-13-38-24-23(37-6-7-41(22)24)40-26(43)16-8-17(27(31,32)33)12-18(9-16)28(34,35)36/h1-13H,(H,39,42)(H,37,40,43). The first-order valence-corrected chi connectivity index (χ1v) is 12.4. The van der Waals surface area contributed by atoms with Crippen molar-refractivity contribution in [1.29, 1.82) is 0 Å². The number of hydrogen-bond donors (Lipinski definition) is 2. The highest BCUT2D eigenvalue weighted by Crippen LogP contribution is 2.36. The van der Waals surface area contributed by atoms with Gasteiger partial charge in [0.25, 0.3) is 11.8 Å². The summed E-state index contributed by atoms with van der Waals surface area (Å²) in [7, 11) is 0. The number of rotatable bonds is 5. The highest BCUT2D eigenvalue weighted by Gasteiger charge is 2.37. The van der Waals surface area contributed by atoms with Crippen LogP contribution in [0.25, 0.3) is 16.9 Å². The number of anilines is 2. The average Bonchev–Trinajstić information content (AvgIpc) is 3.39. The van der Waals surface area contributed by atoms with E-state index in [9.17, 15) is 40.3 Å². The van der Waals surface area contributed by atoms with Crippen molar-refractivity contribution in [2.75, 3.05) is 10.6 Å². The van der Waals surface area contributed by atoms with E-state index in [1.807, 2.05) is 0 Å². The van der Waals surface area contributed by atoms with E-state index >= 15 is 0 Å². The summed E-state index contributed by atoms with van der Waals surface area (Å²) in [6.45, 7) is 0. The van der Waals surface area contributed by atoms with Crippen LogP contribution in [0, 0.1) is 5.82 Å². The van der Waals surface area contributed by atoms with Gasteiger partial charge >= 0.3 is 12.4 Å². The third kappa shape index (κ3) is 6.28. The van der Waals surface area contributed by atoms with Crippen LogP contribution in [0.2, 0.25) is 5.02 Å². The molecule has 0 aliphatic rings. The van der Waals surface area contributed by atoms with Crippen LogP contribution in [0.3, 0.4) is 0 Å². The summed E-state index contributed by atoms with van der Waals surface area (Å²) in [5, 5.41) is 4.66. The first-order chi connectivity index (χ1) is 20.2. The number of benzene rings is 3. The van der Waals surface area contributed by atoms with Gasteiger partial charge in [0.1, 0.15) is 5.82 Å². The quantitative estimate of drug-likeness (QED) is 0.197. The molecule has 0 atom stereocenters. The molecule has 2 N–H and O–H groups in total. The Labute approximate surface area is 242 Å². The Bertz CT molecular complexity index is 1850. The molecule has 0 fully saturated rings. The summed E-state index contributed by atoms with van der Waals surface area (Å²) >= 11 is 5.75. The highest BCUT2D eigenvalue weighted by atomic mass is 35.5. The lowest BCUT2D eigenvalue weighted by Crippen LogP contribution is -2.18. The van der Waals surface area contributed by atoms with Crippen molar-refractivity contribution in [2.45, 2.75) is 12.4 Å². The van der Waals surface area contributed by atoms with Gasteiger partial charge in [-0.1, -0.05) is 23.7 Å². The SMILES string of the molecule is O=C(Nc1cccc(-c2cnc3c(NC(=O)c4cc(C(F)(F)F)cc(C(F)(F)F)c4)nccn23)c1)c1ccc(F)c(Cl)c1. The van der Waals surface area contributed by atoms with E-state index in [-0.39, 0.29) is 28.1 Å². The minimum Gasteiger partial charge on any atom is -0.322 e. The van der Waals surface area contributed by atoms with Gasteiger partial charge in [0.2, 0.25) is 0 Å². The maximum atomic E-state index is 13.4. The fraction of sp³-hybridized carbons (Fsp3) is 0.0714. The van der Waals surface area contributed by atoms with Gasteiger partial charge in [-0.05, 0) is 48.5 Å². The molecule has 5 aromatic rings. The van der Waals surface area contributed by atoms with E-state index in [0.717, 1.165) is 6.07 Å². The molecule has 0 saturated heterocycles. The van der Waals surface area contributed by atoms with Crippen molar-refractivity contribution in [3.63, 3.8) is 0 Å². The van der Waals surface area contributed by atoms with Gasteiger partial charge < -0.3 is 10.6 Å². The van der Waals surface area contributed by atoms with Crippen LogP contribution in [-0.4, -0.2) is 26.2 Å². The molecule has 5 rings (SSSR count). The number of hydrogen-bond acceptors (Lipinski definition) is 4. The Kier molecular flexibility index (Phi) is 7.56. The van der Waals surface area contributed by atoms with Gasteiger partial charge in [-0.15, -0.1) is 0 Å². The van der Waals surface area contributed by atoms with Crippen molar-refractivity contribution in [3.8, 4) is 11.3 Å². The molecule has 0 unspecified atom stereocenters. The molecule has 0 radical (unpaired) electrons. The van der Waals surface area contributed by atoms with E-state index < -0.39 is 46.7 Å². The summed E-state index contributed by atoms with van der Waals surface area (Å²) in [6, 6.07) is 10.5. The predicted octanol–water partition coefficient (Wildman–Crippen LogP) is 7.73. The van der Waals surface area contributed by atoms with Crippen LogP contribution in [0.4, 0.5) is 42.2 Å². The van der Waals surface area contributed by atoms with Crippen LogP contribution in [-0.2, 0) is 12.4 Å². The lowest BCUT2D eigenvalue weighted by Gasteiger charge is -2.14. The number of nitrogens with one attached hydrogen (secondary N) is 2. The second kappa shape index (κ2) is 11.0. The third-order valence-electron chi connectivity index (χ3n) is 6.11. The van der Waals surface area contributed by atoms with Crippen molar-refractivity contribution < 1.29 is 40.3 Å². The molecule has 0 bridgehead atoms. The molecule has 2 aromatic heterocycles. The number of carbonyl (C=O) groups is 2. The molecule has 7 nitrogen and oxygen atoms in total. The van der Waals surface area contributed by atoms with E-state index in [0.29, 0.717) is 29.1 Å². The van der Waals surface area contributed by atoms with E-state index in [1.165, 1.54) is 35.1 Å². The van der Waals surface area contributed by atoms with E-state index in [1.54, 1.807) is 24.3 Å². The molecular weight excluding hydrogens is 607 g/mol. The lowest BCUT2D eigenvalue weighted by atomic mass is 10.0. The third-order valence-corrected chi connectivity index (χ3v) is 6.40. The van der Waals surface area contributed by atoms with Gasteiger partial charge in [0, 0.05) is 34.8 Å². The van der Waals surface area contributed by atoms with Crippen molar-refractivity contribution in [2.24, 2.45) is 0 Å². The average molecular weight is 622 g/mol. The fourth-order valence-electron chi connectivity index (χ4n) is 4.08. The number of nitrogens with zero attached hydrogens (tertiary/aromatic N) is 3. The number of aromatic nitrogens is 3. The molecule has 0 aliphatic carbocycles. The Balaban J connectivity index is 1.43. The largest absolute Gasteiger partial charge is 0.416 e. The normalized spacial score (nSPS) is 11.9. The molecule has 2 amide bonds. The van der Waals surface area contributed by atoms with Crippen LogP contribution in [0.5, 0.6) is 0 Å². The summed E-state index contributed by atoms with van der Waals surface area (Å²) < 4.78 is 94.4. The molecular formula is C28H15ClF7N5O2. The zero-order valence-corrected chi connectivity index (χ0v) is 21.9. The Morgan fingerprint density at radius 2 is 1.47 bits per heavy atom. The number of halogens is 8. The van der Waals surface area contributed by atoms with Crippen molar-refractivity contribution >= 4 is 40.6 Å². The Morgan fingerprint density at radius 1 is 0.791 bits per heavy atom. The van der Waals surface area contributed by atoms with Crippen molar-refractivity contribution in [3.05, 3.63) is 112 Å². The van der Waals surface area contributed by atoms with E-state index in [4.69, 9.17) is 11.6 Å². The maximum Gasteiger partial charge on any atom is 0.416 e. The number of alkyl halides is 6. The zero-order valence-electron chi connectivity index (χ0n) is 21.2. The van der Waals surface area contributed by atoms with E-state index in [2.05, 4.69) is 20.6 Å². The van der Waals surface area contributed by atoms with Crippen LogP contribution < -0.4 is 10.6 Å². The minimum absolute atomic E-state index is 0.0317. The summed E-state index contributed by atoms with van der Waals surface area (Å²) in [6.07, 6.45) is -6.17. The second-order valence-corrected chi connectivity index (χ2v) is 9.43. The number of carbonyl (C=O) groups excluding carboxylic acids is 2. The topological polar surface area (TPSA) is 88.4 Å². The fourth-order valence-corrected chi connectivity index (χ4v) is 4.26. The van der Waals surface area contributed by atoms with Gasteiger partial charge in [0.05, 0.1) is 28.0 Å². The van der Waals surface area contributed by atoms with Gasteiger partial charge in [-0.25, -0.2) is 14.4 Å². The lowest BCUT2D eigenvalue weighted by molar-refractivity contribution is -0.143. The number of amides is 2. The molecule has 15 heteroatoms. The van der Waals surface area contributed by atoms with Crippen LogP contribution >= 0.6 is 11.6 Å². The van der Waals surface area contributed by atoms with Gasteiger partial charge in [-0.2, -0.15) is 26.3 Å². The van der Waals surface area contributed by atoms with Crippen LogP contribution in [0.1, 0.15) is 31.8 Å².